The first-order valence-electron chi connectivity index (χ1n) is 5.90. The summed E-state index contributed by atoms with van der Waals surface area (Å²) in [6.45, 7) is -0.182. The van der Waals surface area contributed by atoms with Gasteiger partial charge in [-0.1, -0.05) is 41.9 Å². The van der Waals surface area contributed by atoms with Crippen molar-refractivity contribution >= 4 is 22.5 Å². The molecule has 2 aromatic carbocycles. The molecule has 0 aliphatic heterocycles. The Hall–Kier alpha value is -1.97. The first kappa shape index (κ1) is 12.1. The molecule has 3 nitrogen and oxygen atoms in total. The molecule has 0 unspecified atom stereocenters. The molecule has 4 heteroatoms. The van der Waals surface area contributed by atoms with E-state index < -0.39 is 0 Å². The van der Waals surface area contributed by atoms with Crippen molar-refractivity contribution in [3.05, 3.63) is 59.4 Å². The molecule has 19 heavy (non-hydrogen) atoms. The number of aromatic nitrogens is 2. The predicted octanol–water partition coefficient (Wildman–Crippen LogP) is 3.44. The molecule has 3 aromatic rings. The van der Waals surface area contributed by atoms with Gasteiger partial charge in [-0.3, -0.25) is 0 Å². The normalized spacial score (nSPS) is 10.8. The van der Waals surface area contributed by atoms with Gasteiger partial charge in [0.05, 0.1) is 11.2 Å². The molecule has 0 saturated heterocycles. The van der Waals surface area contributed by atoms with E-state index in [0.717, 1.165) is 22.2 Å². The van der Waals surface area contributed by atoms with Crippen molar-refractivity contribution in [2.24, 2.45) is 0 Å². The number of rotatable bonds is 2. The maximum absolute atomic E-state index is 9.27. The van der Waals surface area contributed by atoms with Gasteiger partial charge in [0.25, 0.3) is 0 Å². The minimum Gasteiger partial charge on any atom is -0.388 e. The van der Waals surface area contributed by atoms with Crippen molar-refractivity contribution in [2.45, 2.75) is 6.61 Å². The second kappa shape index (κ2) is 4.96. The quantitative estimate of drug-likeness (QED) is 0.776. The van der Waals surface area contributed by atoms with Crippen LogP contribution in [0.25, 0.3) is 22.2 Å². The van der Waals surface area contributed by atoms with Gasteiger partial charge in [0.1, 0.15) is 6.61 Å². The molecule has 0 bridgehead atoms. The second-order valence-electron chi connectivity index (χ2n) is 4.17. The molecule has 0 spiro atoms. The minimum absolute atomic E-state index is 0.182. The monoisotopic (exact) mass is 270 g/mol. The van der Waals surface area contributed by atoms with Crippen molar-refractivity contribution in [1.29, 1.82) is 0 Å². The van der Waals surface area contributed by atoms with E-state index in [9.17, 15) is 5.11 Å². The second-order valence-corrected chi connectivity index (χ2v) is 4.61. The topological polar surface area (TPSA) is 46.0 Å². The summed E-state index contributed by atoms with van der Waals surface area (Å²) in [6, 6.07) is 15.3. The molecule has 0 radical (unpaired) electrons. The molecular formula is C15H11ClN2O. The van der Waals surface area contributed by atoms with Crippen LogP contribution in [0.4, 0.5) is 0 Å². The summed E-state index contributed by atoms with van der Waals surface area (Å²) in [5, 5.41) is 10.8. The van der Waals surface area contributed by atoms with Crippen LogP contribution in [-0.4, -0.2) is 15.1 Å². The molecule has 1 heterocycles. The van der Waals surface area contributed by atoms with Gasteiger partial charge in [-0.2, -0.15) is 0 Å². The first-order valence-corrected chi connectivity index (χ1v) is 6.28. The molecule has 0 aliphatic rings. The Morgan fingerprint density at radius 2 is 1.79 bits per heavy atom. The van der Waals surface area contributed by atoms with Crippen molar-refractivity contribution in [3.63, 3.8) is 0 Å². The molecule has 3 rings (SSSR count). The van der Waals surface area contributed by atoms with Gasteiger partial charge in [0.2, 0.25) is 0 Å². The SMILES string of the molecule is OCc1nc(-c2ccccc2)c2cc(Cl)ccc2n1. The lowest BCUT2D eigenvalue weighted by atomic mass is 10.1. The van der Waals surface area contributed by atoms with E-state index in [1.807, 2.05) is 42.5 Å². The molecule has 0 amide bonds. The standard InChI is InChI=1S/C15H11ClN2O/c16-11-6-7-13-12(8-11)15(18-14(9-19)17-13)10-4-2-1-3-5-10/h1-8,19H,9H2. The highest BCUT2D eigenvalue weighted by Gasteiger charge is 2.09. The average molecular weight is 271 g/mol. The average Bonchev–Trinajstić information content (AvgIpc) is 2.47. The smallest absolute Gasteiger partial charge is 0.155 e. The van der Waals surface area contributed by atoms with E-state index in [-0.39, 0.29) is 6.61 Å². The highest BCUT2D eigenvalue weighted by atomic mass is 35.5. The number of nitrogens with zero attached hydrogens (tertiary/aromatic N) is 2. The van der Waals surface area contributed by atoms with E-state index in [1.165, 1.54) is 0 Å². The molecular weight excluding hydrogens is 260 g/mol. The molecule has 1 N–H and O–H groups in total. The molecule has 0 saturated carbocycles. The largest absolute Gasteiger partial charge is 0.388 e. The van der Waals surface area contributed by atoms with Crippen LogP contribution in [0.5, 0.6) is 0 Å². The van der Waals surface area contributed by atoms with E-state index in [4.69, 9.17) is 11.6 Å². The molecule has 0 fully saturated rings. The van der Waals surface area contributed by atoms with Gasteiger partial charge in [-0.05, 0) is 18.2 Å². The summed E-state index contributed by atoms with van der Waals surface area (Å²) in [5.74, 6) is 0.411. The highest BCUT2D eigenvalue weighted by Crippen LogP contribution is 2.28. The first-order chi connectivity index (χ1) is 9.28. The summed E-state index contributed by atoms with van der Waals surface area (Å²) in [5.41, 5.74) is 2.55. The Bertz CT molecular complexity index is 729. The lowest BCUT2D eigenvalue weighted by Gasteiger charge is -2.08. The minimum atomic E-state index is -0.182. The van der Waals surface area contributed by atoms with Crippen LogP contribution in [0, 0.1) is 0 Å². The van der Waals surface area contributed by atoms with Crippen LogP contribution >= 0.6 is 11.6 Å². The Morgan fingerprint density at radius 1 is 1.00 bits per heavy atom. The van der Waals surface area contributed by atoms with E-state index in [1.54, 1.807) is 6.07 Å². The lowest BCUT2D eigenvalue weighted by molar-refractivity contribution is 0.272. The van der Waals surface area contributed by atoms with Gasteiger partial charge in [0.15, 0.2) is 5.82 Å². The van der Waals surface area contributed by atoms with Crippen molar-refractivity contribution < 1.29 is 5.11 Å². The summed E-state index contributed by atoms with van der Waals surface area (Å²) in [6.07, 6.45) is 0. The fourth-order valence-electron chi connectivity index (χ4n) is 2.04. The highest BCUT2D eigenvalue weighted by molar-refractivity contribution is 6.31. The number of hydrogen-bond acceptors (Lipinski definition) is 3. The zero-order valence-corrected chi connectivity index (χ0v) is 10.8. The molecule has 0 atom stereocenters. The van der Waals surface area contributed by atoms with Crippen molar-refractivity contribution in [1.82, 2.24) is 9.97 Å². The van der Waals surface area contributed by atoms with E-state index in [2.05, 4.69) is 9.97 Å². The fourth-order valence-corrected chi connectivity index (χ4v) is 2.21. The third kappa shape index (κ3) is 2.30. The van der Waals surface area contributed by atoms with Crippen LogP contribution < -0.4 is 0 Å². The van der Waals surface area contributed by atoms with Gasteiger partial charge in [0, 0.05) is 16.0 Å². The van der Waals surface area contributed by atoms with Gasteiger partial charge < -0.3 is 5.11 Å². The number of halogens is 1. The maximum Gasteiger partial charge on any atom is 0.155 e. The fraction of sp³-hybridized carbons (Fsp3) is 0.0667. The van der Waals surface area contributed by atoms with Crippen LogP contribution in [-0.2, 0) is 6.61 Å². The number of aliphatic hydroxyl groups excluding tert-OH is 1. The molecule has 1 aromatic heterocycles. The molecule has 0 aliphatic carbocycles. The molecule has 94 valence electrons. The third-order valence-corrected chi connectivity index (χ3v) is 3.13. The number of benzene rings is 2. The van der Waals surface area contributed by atoms with Gasteiger partial charge in [-0.15, -0.1) is 0 Å². The zero-order chi connectivity index (χ0) is 13.2. The Balaban J connectivity index is 2.35. The van der Waals surface area contributed by atoms with Crippen LogP contribution in [0.1, 0.15) is 5.82 Å². The zero-order valence-electron chi connectivity index (χ0n) is 10.0. The van der Waals surface area contributed by atoms with Gasteiger partial charge >= 0.3 is 0 Å². The summed E-state index contributed by atoms with van der Waals surface area (Å²) in [7, 11) is 0. The van der Waals surface area contributed by atoms with E-state index in [0.29, 0.717) is 10.8 Å². The van der Waals surface area contributed by atoms with Crippen LogP contribution in [0.2, 0.25) is 5.02 Å². The number of hydrogen-bond donors (Lipinski definition) is 1. The predicted molar refractivity (Wildman–Crippen MR) is 75.9 cm³/mol. The summed E-state index contributed by atoms with van der Waals surface area (Å²) >= 11 is 6.05. The third-order valence-electron chi connectivity index (χ3n) is 2.89. The van der Waals surface area contributed by atoms with Crippen LogP contribution in [0.3, 0.4) is 0 Å². The maximum atomic E-state index is 9.27. The Labute approximate surface area is 115 Å². The van der Waals surface area contributed by atoms with Crippen molar-refractivity contribution in [2.75, 3.05) is 0 Å². The van der Waals surface area contributed by atoms with Crippen LogP contribution in [0.15, 0.2) is 48.5 Å². The van der Waals surface area contributed by atoms with Gasteiger partial charge in [-0.25, -0.2) is 9.97 Å². The Kier molecular flexibility index (Phi) is 3.15. The van der Waals surface area contributed by atoms with Crippen molar-refractivity contribution in [3.8, 4) is 11.3 Å². The summed E-state index contributed by atoms with van der Waals surface area (Å²) in [4.78, 5) is 8.71. The Morgan fingerprint density at radius 3 is 2.53 bits per heavy atom. The summed E-state index contributed by atoms with van der Waals surface area (Å²) < 4.78 is 0. The van der Waals surface area contributed by atoms with E-state index >= 15 is 0 Å². The number of aliphatic hydroxyl groups is 1. The number of fused-ring (bicyclic) bond motifs is 1. The lowest BCUT2D eigenvalue weighted by Crippen LogP contribution is -1.98.